The summed E-state index contributed by atoms with van der Waals surface area (Å²) >= 11 is -1.51. The predicted molar refractivity (Wildman–Crippen MR) is 73.8 cm³/mol. The molecule has 0 aromatic carbocycles. The van der Waals surface area contributed by atoms with Crippen LogP contribution in [-0.2, 0) is 9.59 Å². The van der Waals surface area contributed by atoms with Gasteiger partial charge in [0, 0.05) is 0 Å². The molecule has 0 atom stereocenters. The summed E-state index contributed by atoms with van der Waals surface area (Å²) in [6.07, 6.45) is 4.97. The number of amides is 2. The zero-order chi connectivity index (χ0) is 14.7. The molecule has 117 valence electrons. The van der Waals surface area contributed by atoms with Gasteiger partial charge >= 0.3 is 140 Å². The Morgan fingerprint density at radius 3 is 1.35 bits per heavy atom. The van der Waals surface area contributed by atoms with Crippen LogP contribution in [-0.4, -0.2) is 26.9 Å². The molecule has 0 N–H and O–H groups in total. The van der Waals surface area contributed by atoms with Crippen molar-refractivity contribution in [3.63, 3.8) is 0 Å². The minimum absolute atomic E-state index is 0. The van der Waals surface area contributed by atoms with Crippen LogP contribution in [0.5, 0.6) is 0 Å². The standard InChI is InChI=1S/2C7H15NO.HI.Nd/c2*1-3-5-7(9)8-6-4-2;;/h2*3-6H2,1-2H3,(H,8,9);1H;/q;;;+3/p-3. The van der Waals surface area contributed by atoms with E-state index in [1.807, 2.05) is 15.8 Å². The van der Waals surface area contributed by atoms with Gasteiger partial charge in [-0.3, -0.25) is 0 Å². The molecule has 0 saturated heterocycles. The molecule has 4 nitrogen and oxygen atoms in total. The van der Waals surface area contributed by atoms with Crippen molar-refractivity contribution in [3.05, 3.63) is 0 Å². The number of hydrogen-bond acceptors (Lipinski definition) is 2. The first-order valence-electron chi connectivity index (χ1n) is 7.47. The topological polar surface area (TPSA) is 40.6 Å². The van der Waals surface area contributed by atoms with E-state index >= 15 is 0 Å². The van der Waals surface area contributed by atoms with Gasteiger partial charge in [-0.2, -0.15) is 0 Å². The molecule has 0 spiro atoms. The number of rotatable bonds is 10. The van der Waals surface area contributed by atoms with E-state index in [4.69, 9.17) is 0 Å². The molecule has 20 heavy (non-hydrogen) atoms. The number of carbonyl (C=O) groups is 2. The third-order valence-corrected chi connectivity index (χ3v) is 7.25. The fourth-order valence-corrected chi connectivity index (χ4v) is 6.20. The maximum atomic E-state index is 12.1. The first kappa shape index (κ1) is 23.3. The molecule has 0 fully saturated rings. The number of hydrogen-bond donors (Lipinski definition) is 0. The Kier molecular flexibility index (Phi) is 17.4. The molecule has 0 radical (unpaired) electrons. The van der Waals surface area contributed by atoms with Gasteiger partial charge in [-0.1, -0.05) is 0 Å². The van der Waals surface area contributed by atoms with E-state index < -0.39 is 37.5 Å². The second-order valence-electron chi connectivity index (χ2n) is 4.69. The molecule has 0 aliphatic heterocycles. The summed E-state index contributed by atoms with van der Waals surface area (Å²) in [6.45, 7) is 9.88. The Balaban J connectivity index is 0. The van der Waals surface area contributed by atoms with Gasteiger partial charge in [0.1, 0.15) is 0 Å². The minimum Gasteiger partial charge on any atom is -1.00 e. The van der Waals surface area contributed by atoms with Gasteiger partial charge in [0.2, 0.25) is 0 Å². The Bertz CT molecular complexity index is 252. The van der Waals surface area contributed by atoms with Crippen LogP contribution in [0.25, 0.3) is 0 Å². The summed E-state index contributed by atoms with van der Waals surface area (Å²) in [6, 6.07) is 0. The first-order chi connectivity index (χ1) is 9.10. The molecule has 0 unspecified atom stereocenters. The van der Waals surface area contributed by atoms with Crippen molar-refractivity contribution in [2.24, 2.45) is 0 Å². The average molecular weight is 528 g/mol. The summed E-state index contributed by atoms with van der Waals surface area (Å²) < 4.78 is 4.04. The number of nitrogens with zero attached hydrogens (tertiary/aromatic N) is 2. The minimum atomic E-state index is -1.51. The van der Waals surface area contributed by atoms with Crippen molar-refractivity contribution in [3.8, 4) is 0 Å². The second kappa shape index (κ2) is 14.9. The summed E-state index contributed by atoms with van der Waals surface area (Å²) in [7, 11) is 0. The van der Waals surface area contributed by atoms with E-state index in [0.717, 1.165) is 38.8 Å². The molecule has 0 aromatic rings. The van der Waals surface area contributed by atoms with Crippen LogP contribution in [0.15, 0.2) is 0 Å². The molecule has 0 aliphatic rings. The van der Waals surface area contributed by atoms with Gasteiger partial charge in [-0.05, 0) is 0 Å². The van der Waals surface area contributed by atoms with Crippen LogP contribution in [0.1, 0.15) is 66.2 Å². The summed E-state index contributed by atoms with van der Waals surface area (Å²) in [4.78, 5) is 24.2. The molecule has 0 aromatic heterocycles. The van der Waals surface area contributed by atoms with Crippen molar-refractivity contribution < 1.29 is 71.1 Å². The molecule has 0 rings (SSSR count). The van der Waals surface area contributed by atoms with E-state index in [1.165, 1.54) is 0 Å². The van der Waals surface area contributed by atoms with Crippen molar-refractivity contribution in [2.75, 3.05) is 13.1 Å². The third kappa shape index (κ3) is 9.87. The van der Waals surface area contributed by atoms with E-state index in [0.29, 0.717) is 12.8 Å². The fourth-order valence-electron chi connectivity index (χ4n) is 1.75. The summed E-state index contributed by atoms with van der Waals surface area (Å²) in [5.41, 5.74) is 0. The molecule has 0 bridgehead atoms. The van der Waals surface area contributed by atoms with Gasteiger partial charge in [0.15, 0.2) is 0 Å². The van der Waals surface area contributed by atoms with E-state index in [9.17, 15) is 9.59 Å². The van der Waals surface area contributed by atoms with Crippen molar-refractivity contribution in [1.82, 2.24) is 1.97 Å². The summed E-state index contributed by atoms with van der Waals surface area (Å²) in [5.74, 6) is 0.496. The quantitative estimate of drug-likeness (QED) is 0.375. The van der Waals surface area contributed by atoms with E-state index in [-0.39, 0.29) is 35.8 Å². The van der Waals surface area contributed by atoms with Crippen molar-refractivity contribution >= 4 is 11.8 Å². The molecule has 2 amide bonds. The van der Waals surface area contributed by atoms with Crippen LogP contribution in [0.4, 0.5) is 0 Å². The Morgan fingerprint density at radius 1 is 0.750 bits per heavy atom. The molecule has 0 saturated carbocycles. The van der Waals surface area contributed by atoms with Crippen LogP contribution < -0.4 is 24.0 Å². The number of halogens is 1. The molecular formula is C14H28IN2NdO2. The molecular weight excluding hydrogens is 499 g/mol. The maximum absolute atomic E-state index is 12.1. The molecule has 0 heterocycles. The third-order valence-electron chi connectivity index (χ3n) is 2.67. The zero-order valence-electron chi connectivity index (χ0n) is 13.2. The van der Waals surface area contributed by atoms with Crippen molar-refractivity contribution in [1.29, 1.82) is 0 Å². The monoisotopic (exact) mass is 525 g/mol. The van der Waals surface area contributed by atoms with Gasteiger partial charge in [-0.25, -0.2) is 0 Å². The zero-order valence-corrected chi connectivity index (χ0v) is 18.6. The van der Waals surface area contributed by atoms with Crippen LogP contribution in [0, 0.1) is 37.5 Å². The SMILES string of the molecule is CCCC(=O)[N](CCC)[Nd+][N](CCC)C(=O)CCC.[I-]. The molecule has 0 aliphatic carbocycles. The largest absolute Gasteiger partial charge is 1.00 e. The van der Waals surface area contributed by atoms with E-state index in [1.54, 1.807) is 0 Å². The van der Waals surface area contributed by atoms with Gasteiger partial charge in [-0.15, -0.1) is 0 Å². The maximum Gasteiger partial charge on any atom is -1.00 e. The smallest absolute Gasteiger partial charge is 1.00 e. The predicted octanol–water partition coefficient (Wildman–Crippen LogP) is -0.0172. The van der Waals surface area contributed by atoms with Crippen LogP contribution >= 0.6 is 0 Å². The normalized spacial score (nSPS) is 9.40. The van der Waals surface area contributed by atoms with Gasteiger partial charge < -0.3 is 24.0 Å². The fraction of sp³-hybridized carbons (Fsp3) is 0.857. The van der Waals surface area contributed by atoms with E-state index in [2.05, 4.69) is 13.8 Å². The van der Waals surface area contributed by atoms with Gasteiger partial charge in [0.05, 0.1) is 0 Å². The van der Waals surface area contributed by atoms with Crippen LogP contribution in [0.3, 0.4) is 0 Å². The van der Waals surface area contributed by atoms with Crippen molar-refractivity contribution in [2.45, 2.75) is 66.2 Å². The number of carbonyl (C=O) groups excluding carboxylic acids is 2. The van der Waals surface area contributed by atoms with Crippen LogP contribution in [0.2, 0.25) is 0 Å². The van der Waals surface area contributed by atoms with Gasteiger partial charge in [0.25, 0.3) is 0 Å². The molecule has 6 heteroatoms. The second-order valence-corrected chi connectivity index (χ2v) is 8.80. The Hall–Kier alpha value is 1.02. The Morgan fingerprint density at radius 2 is 1.10 bits per heavy atom. The average Bonchev–Trinajstić information content (AvgIpc) is 2.37. The summed E-state index contributed by atoms with van der Waals surface area (Å²) in [5, 5.41) is 0. The first-order valence-corrected chi connectivity index (χ1v) is 10.3. The Labute approximate surface area is 162 Å².